The zero-order chi connectivity index (χ0) is 10.9. The largest absolute Gasteiger partial charge is 0.378 e. The summed E-state index contributed by atoms with van der Waals surface area (Å²) in [5, 5.41) is 13.0. The molecule has 1 aromatic heterocycles. The van der Waals surface area contributed by atoms with Crippen LogP contribution in [0.5, 0.6) is 0 Å². The summed E-state index contributed by atoms with van der Waals surface area (Å²) >= 11 is 3.58. The van der Waals surface area contributed by atoms with Gasteiger partial charge in [-0.2, -0.15) is 4.80 Å². The molecule has 1 aliphatic heterocycles. The molecule has 2 heterocycles. The van der Waals surface area contributed by atoms with Gasteiger partial charge < -0.3 is 4.74 Å². The Hall–Kier alpha value is -0.490. The van der Waals surface area contributed by atoms with Crippen molar-refractivity contribution in [1.82, 2.24) is 20.2 Å². The molecule has 1 aliphatic rings. The summed E-state index contributed by atoms with van der Waals surface area (Å²) < 4.78 is 5.63. The lowest BCUT2D eigenvalue weighted by Crippen LogP contribution is -2.33. The molecule has 0 bridgehead atoms. The van der Waals surface area contributed by atoms with Gasteiger partial charge in [-0.25, -0.2) is 0 Å². The molecule has 84 valence electrons. The van der Waals surface area contributed by atoms with Crippen molar-refractivity contribution < 1.29 is 4.74 Å². The summed E-state index contributed by atoms with van der Waals surface area (Å²) in [6, 6.07) is 0. The lowest BCUT2D eigenvalue weighted by molar-refractivity contribution is 0.0737. The second kappa shape index (κ2) is 4.17. The fourth-order valence-corrected chi connectivity index (χ4v) is 2.92. The van der Waals surface area contributed by atoms with Crippen LogP contribution in [0.2, 0.25) is 0 Å². The van der Waals surface area contributed by atoms with Crippen LogP contribution in [0.4, 0.5) is 0 Å². The zero-order valence-electron chi connectivity index (χ0n) is 8.98. The predicted molar refractivity (Wildman–Crippen MR) is 58.8 cm³/mol. The number of hydrogen-bond acceptors (Lipinski definition) is 4. The molecule has 2 rings (SSSR count). The summed E-state index contributed by atoms with van der Waals surface area (Å²) in [4.78, 5) is 1.50. The van der Waals surface area contributed by atoms with Gasteiger partial charge in [0.25, 0.3) is 0 Å². The van der Waals surface area contributed by atoms with Crippen molar-refractivity contribution in [2.45, 2.75) is 25.9 Å². The van der Waals surface area contributed by atoms with Gasteiger partial charge in [0, 0.05) is 23.8 Å². The molecule has 2 atom stereocenters. The van der Waals surface area contributed by atoms with E-state index in [2.05, 4.69) is 38.3 Å². The van der Waals surface area contributed by atoms with E-state index in [-0.39, 0.29) is 11.5 Å². The Morgan fingerprint density at radius 1 is 1.67 bits per heavy atom. The molecule has 0 spiro atoms. The Morgan fingerprint density at radius 3 is 2.93 bits per heavy atom. The first-order valence-corrected chi connectivity index (χ1v) is 6.19. The van der Waals surface area contributed by atoms with E-state index in [4.69, 9.17) is 4.74 Å². The van der Waals surface area contributed by atoms with Crippen LogP contribution >= 0.6 is 15.9 Å². The number of alkyl halides is 1. The molecule has 1 aromatic rings. The van der Waals surface area contributed by atoms with Gasteiger partial charge in [0.2, 0.25) is 0 Å². The van der Waals surface area contributed by atoms with Gasteiger partial charge in [-0.3, -0.25) is 0 Å². The number of aromatic nitrogens is 4. The number of nitrogens with zero attached hydrogens (tertiary/aromatic N) is 4. The van der Waals surface area contributed by atoms with Crippen molar-refractivity contribution >= 4 is 15.9 Å². The summed E-state index contributed by atoms with van der Waals surface area (Å²) in [5.41, 5.74) is 0.128. The average Bonchev–Trinajstić information content (AvgIpc) is 2.76. The molecular formula is C9H15BrN4O. The standard InChI is InChI=1S/C9H15BrN4O/c1-7-9(6-10,3-4-15-7)5-8-11-13-14(2)12-8/h7H,3-6H2,1-2H3. The SMILES string of the molecule is CC1OCCC1(CBr)Cc1nnn(C)n1. The third-order valence-corrected chi connectivity index (χ3v) is 4.27. The first-order valence-electron chi connectivity index (χ1n) is 5.07. The molecule has 0 saturated carbocycles. The number of hydrogen-bond donors (Lipinski definition) is 0. The van der Waals surface area contributed by atoms with Crippen LogP contribution in [0.1, 0.15) is 19.2 Å². The second-order valence-electron chi connectivity index (χ2n) is 4.13. The quantitative estimate of drug-likeness (QED) is 0.770. The summed E-state index contributed by atoms with van der Waals surface area (Å²) in [6.45, 7) is 2.94. The fourth-order valence-electron chi connectivity index (χ4n) is 1.98. The first kappa shape index (κ1) is 11.0. The molecular weight excluding hydrogens is 260 g/mol. The van der Waals surface area contributed by atoms with E-state index in [1.807, 2.05) is 0 Å². The van der Waals surface area contributed by atoms with Crippen LogP contribution in [0, 0.1) is 5.41 Å². The molecule has 2 unspecified atom stereocenters. The van der Waals surface area contributed by atoms with Gasteiger partial charge in [0.15, 0.2) is 5.82 Å². The molecule has 0 radical (unpaired) electrons. The topological polar surface area (TPSA) is 52.8 Å². The molecule has 1 saturated heterocycles. The maximum Gasteiger partial charge on any atom is 0.175 e. The number of rotatable bonds is 3. The fraction of sp³-hybridized carbons (Fsp3) is 0.889. The Morgan fingerprint density at radius 2 is 2.47 bits per heavy atom. The van der Waals surface area contributed by atoms with E-state index in [0.29, 0.717) is 0 Å². The van der Waals surface area contributed by atoms with Crippen molar-refractivity contribution in [3.8, 4) is 0 Å². The van der Waals surface area contributed by atoms with E-state index >= 15 is 0 Å². The van der Waals surface area contributed by atoms with E-state index in [1.54, 1.807) is 7.05 Å². The van der Waals surface area contributed by atoms with Gasteiger partial charge in [-0.15, -0.1) is 10.2 Å². The molecule has 1 fully saturated rings. The summed E-state index contributed by atoms with van der Waals surface area (Å²) in [5.74, 6) is 0.800. The maximum absolute atomic E-state index is 5.63. The smallest absolute Gasteiger partial charge is 0.175 e. The molecule has 0 amide bonds. The van der Waals surface area contributed by atoms with Gasteiger partial charge in [0.05, 0.1) is 13.2 Å². The Balaban J connectivity index is 2.14. The monoisotopic (exact) mass is 274 g/mol. The molecule has 0 aliphatic carbocycles. The van der Waals surface area contributed by atoms with Gasteiger partial charge in [-0.1, -0.05) is 15.9 Å². The summed E-state index contributed by atoms with van der Waals surface area (Å²) in [7, 11) is 1.78. The van der Waals surface area contributed by atoms with Crippen molar-refractivity contribution in [2.24, 2.45) is 12.5 Å². The second-order valence-corrected chi connectivity index (χ2v) is 4.69. The minimum atomic E-state index is 0.128. The van der Waals surface area contributed by atoms with Crippen molar-refractivity contribution in [3.05, 3.63) is 5.82 Å². The van der Waals surface area contributed by atoms with Crippen LogP contribution in [0.3, 0.4) is 0 Å². The average molecular weight is 275 g/mol. The summed E-state index contributed by atoms with van der Waals surface area (Å²) in [6.07, 6.45) is 2.13. The molecule has 0 N–H and O–H groups in total. The van der Waals surface area contributed by atoms with Crippen LogP contribution in [-0.4, -0.2) is 38.2 Å². The Kier molecular flexibility index (Phi) is 3.06. The molecule has 0 aromatic carbocycles. The van der Waals surface area contributed by atoms with E-state index in [0.717, 1.165) is 30.6 Å². The van der Waals surface area contributed by atoms with Gasteiger partial charge in [-0.05, 0) is 18.6 Å². The minimum absolute atomic E-state index is 0.128. The van der Waals surface area contributed by atoms with Crippen LogP contribution in [0.25, 0.3) is 0 Å². The lowest BCUT2D eigenvalue weighted by atomic mass is 9.80. The maximum atomic E-state index is 5.63. The van der Waals surface area contributed by atoms with Gasteiger partial charge in [0.1, 0.15) is 0 Å². The highest BCUT2D eigenvalue weighted by atomic mass is 79.9. The lowest BCUT2D eigenvalue weighted by Gasteiger charge is -2.28. The Labute approximate surface area is 97.3 Å². The number of halogens is 1. The van der Waals surface area contributed by atoms with E-state index in [1.165, 1.54) is 4.80 Å². The number of aryl methyl sites for hydroxylation is 1. The van der Waals surface area contributed by atoms with Crippen molar-refractivity contribution in [3.63, 3.8) is 0 Å². The third kappa shape index (κ3) is 2.06. The third-order valence-electron chi connectivity index (χ3n) is 3.16. The predicted octanol–water partition coefficient (Wildman–Crippen LogP) is 0.943. The van der Waals surface area contributed by atoms with Gasteiger partial charge >= 0.3 is 0 Å². The van der Waals surface area contributed by atoms with E-state index < -0.39 is 0 Å². The molecule has 6 heteroatoms. The van der Waals surface area contributed by atoms with Crippen LogP contribution in [0.15, 0.2) is 0 Å². The van der Waals surface area contributed by atoms with Crippen molar-refractivity contribution in [2.75, 3.05) is 11.9 Å². The highest BCUT2D eigenvalue weighted by molar-refractivity contribution is 9.09. The number of tetrazole rings is 1. The van der Waals surface area contributed by atoms with E-state index in [9.17, 15) is 0 Å². The van der Waals surface area contributed by atoms with Crippen LogP contribution < -0.4 is 0 Å². The number of ether oxygens (including phenoxy) is 1. The van der Waals surface area contributed by atoms with Crippen LogP contribution in [-0.2, 0) is 18.2 Å². The highest BCUT2D eigenvalue weighted by Crippen LogP contribution is 2.39. The zero-order valence-corrected chi connectivity index (χ0v) is 10.6. The normalized spacial score (nSPS) is 31.0. The van der Waals surface area contributed by atoms with Crippen molar-refractivity contribution in [1.29, 1.82) is 0 Å². The molecule has 15 heavy (non-hydrogen) atoms. The minimum Gasteiger partial charge on any atom is -0.378 e. The molecule has 5 nitrogen and oxygen atoms in total. The first-order chi connectivity index (χ1) is 7.16. The highest BCUT2D eigenvalue weighted by Gasteiger charge is 2.41. The Bertz CT molecular complexity index is 343.